The Balaban J connectivity index is 1.53. The van der Waals surface area contributed by atoms with E-state index in [1.165, 1.54) is 41.8 Å². The number of halogens is 2. The number of thioether (sulfide) groups is 1. The van der Waals surface area contributed by atoms with Crippen molar-refractivity contribution in [1.29, 1.82) is 0 Å². The first-order chi connectivity index (χ1) is 17.4. The highest BCUT2D eigenvalue weighted by Gasteiger charge is 2.59. The van der Waals surface area contributed by atoms with E-state index in [9.17, 15) is 18.4 Å². The van der Waals surface area contributed by atoms with E-state index in [-0.39, 0.29) is 12.5 Å². The summed E-state index contributed by atoms with van der Waals surface area (Å²) >= 11 is 1.36. The molecule has 7 nitrogen and oxygen atoms in total. The van der Waals surface area contributed by atoms with Crippen LogP contribution in [0.25, 0.3) is 0 Å². The molecule has 0 bridgehead atoms. The van der Waals surface area contributed by atoms with Crippen LogP contribution >= 0.6 is 11.8 Å². The number of carbonyl (C=O) groups is 2. The highest BCUT2D eigenvalue weighted by molar-refractivity contribution is 8.01. The second-order valence-corrected chi connectivity index (χ2v) is 9.62. The fraction of sp³-hybridized carbons (Fsp3) is 0.231. The third kappa shape index (κ3) is 3.91. The van der Waals surface area contributed by atoms with Crippen molar-refractivity contribution in [3.63, 3.8) is 0 Å². The van der Waals surface area contributed by atoms with Gasteiger partial charge in [0, 0.05) is 29.6 Å². The maximum Gasteiger partial charge on any atom is 0.323 e. The summed E-state index contributed by atoms with van der Waals surface area (Å²) in [4.78, 5) is 29.3. The molecule has 3 amide bonds. The van der Waals surface area contributed by atoms with Crippen LogP contribution in [0.5, 0.6) is 11.5 Å². The Bertz CT molecular complexity index is 1350. The topological polar surface area (TPSA) is 71.1 Å². The molecule has 0 radical (unpaired) electrons. The van der Waals surface area contributed by atoms with Crippen LogP contribution in [0, 0.1) is 11.6 Å². The minimum Gasteiger partial charge on any atom is -0.497 e. The molecule has 5 rings (SSSR count). The number of fused-ring (bicyclic) bond motifs is 2. The number of benzene rings is 3. The summed E-state index contributed by atoms with van der Waals surface area (Å²) in [5, 5.41) is 2.87. The minimum atomic E-state index is -1.33. The van der Waals surface area contributed by atoms with Crippen molar-refractivity contribution < 1.29 is 27.8 Å². The van der Waals surface area contributed by atoms with Crippen LogP contribution in [0.4, 0.5) is 25.0 Å². The van der Waals surface area contributed by atoms with Gasteiger partial charge in [-0.15, -0.1) is 11.8 Å². The lowest BCUT2D eigenvalue weighted by molar-refractivity contribution is -0.123. The molecule has 2 aliphatic heterocycles. The van der Waals surface area contributed by atoms with Crippen molar-refractivity contribution in [3.05, 3.63) is 83.4 Å². The Morgan fingerprint density at radius 2 is 1.81 bits per heavy atom. The first-order valence-electron chi connectivity index (χ1n) is 11.2. The van der Waals surface area contributed by atoms with E-state index in [1.807, 2.05) is 0 Å². The van der Waals surface area contributed by atoms with Gasteiger partial charge in [-0.25, -0.2) is 13.6 Å². The lowest BCUT2D eigenvalue weighted by Gasteiger charge is -2.33. The van der Waals surface area contributed by atoms with Crippen LogP contribution < -0.4 is 19.7 Å². The molecule has 1 saturated heterocycles. The molecule has 0 saturated carbocycles. The minimum absolute atomic E-state index is 0.0169. The summed E-state index contributed by atoms with van der Waals surface area (Å²) in [6.07, 6.45) is 0. The molecule has 186 valence electrons. The zero-order valence-electron chi connectivity index (χ0n) is 19.6. The standard InChI is InChI=1S/C26H23F2N3O4S/c1-34-18-5-3-4-17(13-18)29-25(33)31-10-11-36-26(31)20-14-19(35-2)7-9-23(20)30(24(26)32)15-16-6-8-21(27)22(28)12-16/h3-9,12-14H,10-11,15H2,1-2H3,(H,29,33)/t26-/m1/s1. The Hall–Kier alpha value is -3.79. The zero-order chi connectivity index (χ0) is 25.4. The molecule has 2 aliphatic rings. The molecular weight excluding hydrogens is 488 g/mol. The summed E-state index contributed by atoms with van der Waals surface area (Å²) in [5.41, 5.74) is 2.15. The number of urea groups is 1. The molecule has 1 spiro atoms. The maximum atomic E-state index is 14.1. The molecular formula is C26H23F2N3O4S. The third-order valence-corrected chi connectivity index (χ3v) is 7.71. The largest absolute Gasteiger partial charge is 0.497 e. The Morgan fingerprint density at radius 3 is 2.56 bits per heavy atom. The van der Waals surface area contributed by atoms with Gasteiger partial charge in [-0.05, 0) is 48.0 Å². The Kier molecular flexibility index (Phi) is 6.21. The molecule has 1 N–H and O–H groups in total. The van der Waals surface area contributed by atoms with Crippen molar-refractivity contribution in [2.45, 2.75) is 11.4 Å². The number of ether oxygens (including phenoxy) is 2. The van der Waals surface area contributed by atoms with Gasteiger partial charge in [-0.1, -0.05) is 12.1 Å². The summed E-state index contributed by atoms with van der Waals surface area (Å²) < 4.78 is 38.0. The summed E-state index contributed by atoms with van der Waals surface area (Å²) in [7, 11) is 3.06. The third-order valence-electron chi connectivity index (χ3n) is 6.29. The smallest absolute Gasteiger partial charge is 0.323 e. The van der Waals surface area contributed by atoms with Gasteiger partial charge in [0.15, 0.2) is 16.5 Å². The van der Waals surface area contributed by atoms with Gasteiger partial charge in [0.1, 0.15) is 11.5 Å². The predicted octanol–water partition coefficient (Wildman–Crippen LogP) is 4.96. The number of methoxy groups -OCH3 is 2. The molecule has 10 heteroatoms. The number of nitrogens with one attached hydrogen (secondary N) is 1. The average Bonchev–Trinajstić information content (AvgIpc) is 3.43. The van der Waals surface area contributed by atoms with Gasteiger partial charge in [0.2, 0.25) is 0 Å². The van der Waals surface area contributed by atoms with Crippen LogP contribution in [-0.4, -0.2) is 43.4 Å². The number of nitrogens with zero attached hydrogens (tertiary/aromatic N) is 2. The Morgan fingerprint density at radius 1 is 1.03 bits per heavy atom. The van der Waals surface area contributed by atoms with Gasteiger partial charge in [-0.3, -0.25) is 9.69 Å². The second kappa shape index (κ2) is 9.34. The van der Waals surface area contributed by atoms with Gasteiger partial charge in [0.05, 0.1) is 26.5 Å². The van der Waals surface area contributed by atoms with E-state index >= 15 is 0 Å². The SMILES string of the molecule is COc1cccc(NC(=O)N2CCS[C@]23C(=O)N(Cc2ccc(F)c(F)c2)c2ccc(OC)cc23)c1. The van der Waals surface area contributed by atoms with Crippen LogP contribution in [0.15, 0.2) is 60.7 Å². The monoisotopic (exact) mass is 511 g/mol. The van der Waals surface area contributed by atoms with E-state index in [0.29, 0.717) is 46.3 Å². The molecule has 0 aromatic heterocycles. The van der Waals surface area contributed by atoms with Crippen LogP contribution in [0.2, 0.25) is 0 Å². The number of rotatable bonds is 5. The number of amides is 3. The summed E-state index contributed by atoms with van der Waals surface area (Å²) in [6.45, 7) is 0.352. The van der Waals surface area contributed by atoms with E-state index < -0.39 is 22.5 Å². The van der Waals surface area contributed by atoms with Gasteiger partial charge in [0.25, 0.3) is 5.91 Å². The quantitative estimate of drug-likeness (QED) is 0.524. The number of hydrogen-bond acceptors (Lipinski definition) is 5. The van der Waals surface area contributed by atoms with Gasteiger partial charge >= 0.3 is 6.03 Å². The predicted molar refractivity (Wildman–Crippen MR) is 133 cm³/mol. The average molecular weight is 512 g/mol. The van der Waals surface area contributed by atoms with E-state index in [4.69, 9.17) is 9.47 Å². The lowest BCUT2D eigenvalue weighted by atomic mass is 10.1. The molecule has 1 atom stereocenters. The molecule has 36 heavy (non-hydrogen) atoms. The molecule has 2 heterocycles. The fourth-order valence-corrected chi connectivity index (χ4v) is 6.04. The summed E-state index contributed by atoms with van der Waals surface area (Å²) in [6, 6.07) is 15.3. The van der Waals surface area contributed by atoms with Crippen molar-refractivity contribution in [2.75, 3.05) is 36.7 Å². The molecule has 0 aliphatic carbocycles. The normalized spacial score (nSPS) is 18.5. The molecule has 3 aromatic rings. The van der Waals surface area contributed by atoms with Crippen molar-refractivity contribution in [2.24, 2.45) is 0 Å². The van der Waals surface area contributed by atoms with Gasteiger partial charge in [-0.2, -0.15) is 0 Å². The lowest BCUT2D eigenvalue weighted by Crippen LogP contribution is -2.51. The Labute approximate surface area is 211 Å². The first kappa shape index (κ1) is 23.9. The highest BCUT2D eigenvalue weighted by atomic mass is 32.2. The summed E-state index contributed by atoms with van der Waals surface area (Å²) in [5.74, 6) is -0.622. The highest BCUT2D eigenvalue weighted by Crippen LogP contribution is 2.55. The van der Waals surface area contributed by atoms with E-state index in [0.717, 1.165) is 12.1 Å². The number of carbonyl (C=O) groups excluding carboxylic acids is 2. The van der Waals surface area contributed by atoms with Crippen molar-refractivity contribution in [1.82, 2.24) is 4.90 Å². The first-order valence-corrected chi connectivity index (χ1v) is 12.2. The van der Waals surface area contributed by atoms with Crippen LogP contribution in [0.1, 0.15) is 11.1 Å². The fourth-order valence-electron chi connectivity index (χ4n) is 4.59. The van der Waals surface area contributed by atoms with Crippen molar-refractivity contribution in [3.8, 4) is 11.5 Å². The van der Waals surface area contributed by atoms with Crippen molar-refractivity contribution >= 4 is 35.1 Å². The van der Waals surface area contributed by atoms with Crippen LogP contribution in [-0.2, 0) is 16.2 Å². The zero-order valence-corrected chi connectivity index (χ0v) is 20.4. The van der Waals surface area contributed by atoms with Gasteiger partial charge < -0.3 is 19.7 Å². The second-order valence-electron chi connectivity index (χ2n) is 8.33. The molecule has 1 fully saturated rings. The molecule has 0 unspecified atom stereocenters. The number of hydrogen-bond donors (Lipinski definition) is 1. The maximum absolute atomic E-state index is 14.1. The molecule has 3 aromatic carbocycles. The van der Waals surface area contributed by atoms with Crippen LogP contribution in [0.3, 0.4) is 0 Å². The number of anilines is 2. The van der Waals surface area contributed by atoms with E-state index in [2.05, 4.69) is 5.32 Å². The van der Waals surface area contributed by atoms with E-state index in [1.54, 1.807) is 42.5 Å².